The number of nitrogens with zero attached hydrogens (tertiary/aromatic N) is 3. The van der Waals surface area contributed by atoms with Gasteiger partial charge in [0.05, 0.1) is 17.1 Å². The first kappa shape index (κ1) is 23.1. The van der Waals surface area contributed by atoms with E-state index in [1.807, 2.05) is 35.2 Å². The third-order valence-electron chi connectivity index (χ3n) is 5.54. The minimum absolute atomic E-state index is 0.0354. The predicted octanol–water partition coefficient (Wildman–Crippen LogP) is 3.13. The molecule has 2 aromatic rings. The highest BCUT2D eigenvalue weighted by molar-refractivity contribution is 6.33. The molecular formula is C24H31ClN4O2. The molecular weight excluding hydrogens is 412 g/mol. The summed E-state index contributed by atoms with van der Waals surface area (Å²) in [7, 11) is 2.06. The Hall–Kier alpha value is -2.57. The normalized spacial score (nSPS) is 14.7. The Bertz CT molecular complexity index is 862. The third kappa shape index (κ3) is 6.97. The Morgan fingerprint density at radius 3 is 2.52 bits per heavy atom. The summed E-state index contributed by atoms with van der Waals surface area (Å²) in [4.78, 5) is 31.3. The maximum Gasteiger partial charge on any atom is 0.255 e. The first-order valence-corrected chi connectivity index (χ1v) is 11.2. The fourth-order valence-electron chi connectivity index (χ4n) is 3.75. The number of anilines is 1. The van der Waals surface area contributed by atoms with E-state index < -0.39 is 0 Å². The molecule has 0 aromatic heterocycles. The molecule has 1 fully saturated rings. The van der Waals surface area contributed by atoms with Gasteiger partial charge in [-0.2, -0.15) is 0 Å². The zero-order valence-electron chi connectivity index (χ0n) is 18.1. The van der Waals surface area contributed by atoms with Crippen molar-refractivity contribution in [1.29, 1.82) is 0 Å². The van der Waals surface area contributed by atoms with Crippen molar-refractivity contribution in [2.45, 2.75) is 12.8 Å². The molecule has 0 aliphatic carbocycles. The van der Waals surface area contributed by atoms with Gasteiger partial charge in [-0.3, -0.25) is 14.5 Å². The zero-order valence-corrected chi connectivity index (χ0v) is 18.9. The summed E-state index contributed by atoms with van der Waals surface area (Å²) in [5, 5.41) is 3.50. The molecule has 1 N–H and O–H groups in total. The Kier molecular flexibility index (Phi) is 8.74. The van der Waals surface area contributed by atoms with Gasteiger partial charge in [-0.25, -0.2) is 0 Å². The Morgan fingerprint density at radius 2 is 1.74 bits per heavy atom. The van der Waals surface area contributed by atoms with E-state index in [0.29, 0.717) is 43.3 Å². The second-order valence-electron chi connectivity index (χ2n) is 7.86. The molecule has 0 saturated carbocycles. The molecule has 2 amide bonds. The van der Waals surface area contributed by atoms with Crippen LogP contribution in [0.1, 0.15) is 23.2 Å². The topological polar surface area (TPSA) is 55.9 Å². The summed E-state index contributed by atoms with van der Waals surface area (Å²) in [6.45, 7) is 4.65. The van der Waals surface area contributed by atoms with Gasteiger partial charge in [0, 0.05) is 52.0 Å². The molecule has 0 atom stereocenters. The fourth-order valence-corrected chi connectivity index (χ4v) is 3.97. The molecule has 3 rings (SSSR count). The quantitative estimate of drug-likeness (QED) is 0.638. The van der Waals surface area contributed by atoms with Gasteiger partial charge < -0.3 is 15.1 Å². The second-order valence-corrected chi connectivity index (χ2v) is 8.27. The number of carbonyl (C=O) groups excluding carboxylic acids is 2. The summed E-state index contributed by atoms with van der Waals surface area (Å²) < 4.78 is 0. The highest BCUT2D eigenvalue weighted by Crippen LogP contribution is 2.18. The Labute approximate surface area is 189 Å². The van der Waals surface area contributed by atoms with E-state index in [0.717, 1.165) is 25.9 Å². The number of nitrogens with one attached hydrogen (secondary N) is 1. The molecule has 1 saturated heterocycles. The minimum atomic E-state index is -0.0422. The van der Waals surface area contributed by atoms with Crippen molar-refractivity contribution in [2.75, 3.05) is 57.8 Å². The van der Waals surface area contributed by atoms with Gasteiger partial charge in [-0.1, -0.05) is 41.9 Å². The molecule has 1 aliphatic heterocycles. The van der Waals surface area contributed by atoms with Gasteiger partial charge >= 0.3 is 0 Å². The van der Waals surface area contributed by atoms with Crippen molar-refractivity contribution in [3.05, 3.63) is 65.2 Å². The number of hydrogen-bond donors (Lipinski definition) is 1. The molecule has 0 unspecified atom stereocenters. The van der Waals surface area contributed by atoms with Crippen molar-refractivity contribution >= 4 is 29.1 Å². The zero-order chi connectivity index (χ0) is 22.1. The molecule has 6 nitrogen and oxygen atoms in total. The molecule has 7 heteroatoms. The van der Waals surface area contributed by atoms with Crippen LogP contribution in [0.15, 0.2) is 54.6 Å². The molecule has 2 aromatic carbocycles. The highest BCUT2D eigenvalue weighted by Gasteiger charge is 2.22. The summed E-state index contributed by atoms with van der Waals surface area (Å²) in [6.07, 6.45) is 1.72. The maximum atomic E-state index is 12.8. The minimum Gasteiger partial charge on any atom is -0.375 e. The van der Waals surface area contributed by atoms with Crippen LogP contribution in [0.3, 0.4) is 0 Å². The summed E-state index contributed by atoms with van der Waals surface area (Å²) in [5.41, 5.74) is 1.71. The van der Waals surface area contributed by atoms with E-state index in [4.69, 9.17) is 11.6 Å². The van der Waals surface area contributed by atoms with Crippen LogP contribution in [0.25, 0.3) is 0 Å². The lowest BCUT2D eigenvalue weighted by atomic mass is 10.2. The lowest BCUT2D eigenvalue weighted by Crippen LogP contribution is -2.40. The summed E-state index contributed by atoms with van der Waals surface area (Å²) in [5.74, 6) is -0.00678. The predicted molar refractivity (Wildman–Crippen MR) is 126 cm³/mol. The average molecular weight is 443 g/mol. The molecule has 1 heterocycles. The van der Waals surface area contributed by atoms with Crippen LogP contribution >= 0.6 is 11.6 Å². The first-order chi connectivity index (χ1) is 15.0. The van der Waals surface area contributed by atoms with Crippen LogP contribution in [0.4, 0.5) is 5.69 Å². The number of hydrogen-bond acceptors (Lipinski definition) is 4. The van der Waals surface area contributed by atoms with Crippen molar-refractivity contribution in [2.24, 2.45) is 0 Å². The first-order valence-electron chi connectivity index (χ1n) is 10.8. The number of halogens is 1. The molecule has 0 spiro atoms. The van der Waals surface area contributed by atoms with E-state index in [1.165, 1.54) is 5.69 Å². The van der Waals surface area contributed by atoms with Crippen molar-refractivity contribution in [3.8, 4) is 0 Å². The van der Waals surface area contributed by atoms with E-state index in [-0.39, 0.29) is 11.8 Å². The maximum absolute atomic E-state index is 12.8. The largest absolute Gasteiger partial charge is 0.375 e. The molecule has 31 heavy (non-hydrogen) atoms. The van der Waals surface area contributed by atoms with Crippen LogP contribution in [0, 0.1) is 0 Å². The van der Waals surface area contributed by atoms with Crippen molar-refractivity contribution in [3.63, 3.8) is 0 Å². The van der Waals surface area contributed by atoms with Crippen LogP contribution in [-0.2, 0) is 4.79 Å². The SMILES string of the molecule is CN(CCCNC(=O)CN1CCCN(C(=O)c2ccccc2Cl)CC1)c1ccccc1. The number of amides is 2. The highest BCUT2D eigenvalue weighted by atomic mass is 35.5. The fraction of sp³-hybridized carbons (Fsp3) is 0.417. The second kappa shape index (κ2) is 11.7. The van der Waals surface area contributed by atoms with Gasteiger partial charge in [-0.05, 0) is 37.1 Å². The van der Waals surface area contributed by atoms with E-state index in [1.54, 1.807) is 12.1 Å². The van der Waals surface area contributed by atoms with E-state index in [9.17, 15) is 9.59 Å². The van der Waals surface area contributed by atoms with Gasteiger partial charge in [0.1, 0.15) is 0 Å². The number of para-hydroxylation sites is 1. The lowest BCUT2D eigenvalue weighted by molar-refractivity contribution is -0.122. The van der Waals surface area contributed by atoms with Crippen molar-refractivity contribution < 1.29 is 9.59 Å². The van der Waals surface area contributed by atoms with Crippen molar-refractivity contribution in [1.82, 2.24) is 15.1 Å². The van der Waals surface area contributed by atoms with Gasteiger partial charge in [0.2, 0.25) is 5.91 Å². The summed E-state index contributed by atoms with van der Waals surface area (Å²) >= 11 is 6.18. The summed E-state index contributed by atoms with van der Waals surface area (Å²) in [6, 6.07) is 17.4. The third-order valence-corrected chi connectivity index (χ3v) is 5.87. The van der Waals surface area contributed by atoms with Gasteiger partial charge in [-0.15, -0.1) is 0 Å². The number of carbonyl (C=O) groups is 2. The number of rotatable bonds is 8. The molecule has 1 aliphatic rings. The lowest BCUT2D eigenvalue weighted by Gasteiger charge is -2.22. The monoisotopic (exact) mass is 442 g/mol. The van der Waals surface area contributed by atoms with Gasteiger partial charge in [0.15, 0.2) is 0 Å². The van der Waals surface area contributed by atoms with Gasteiger partial charge in [0.25, 0.3) is 5.91 Å². The van der Waals surface area contributed by atoms with Crippen LogP contribution < -0.4 is 10.2 Å². The van der Waals surface area contributed by atoms with Crippen LogP contribution in [0.2, 0.25) is 5.02 Å². The smallest absolute Gasteiger partial charge is 0.255 e. The molecule has 0 bridgehead atoms. The van der Waals surface area contributed by atoms with E-state index >= 15 is 0 Å². The molecule has 0 radical (unpaired) electrons. The van der Waals surface area contributed by atoms with E-state index in [2.05, 4.69) is 34.3 Å². The Balaban J connectivity index is 1.37. The van der Waals surface area contributed by atoms with Crippen LogP contribution in [-0.4, -0.2) is 74.5 Å². The number of benzene rings is 2. The van der Waals surface area contributed by atoms with Crippen LogP contribution in [0.5, 0.6) is 0 Å². The standard InChI is InChI=1S/C24H31ClN4O2/c1-27(20-9-3-2-4-10-20)14-7-13-26-23(30)19-28-15-8-16-29(18-17-28)24(31)21-11-5-6-12-22(21)25/h2-6,9-12H,7-8,13-19H2,1H3,(H,26,30). The average Bonchev–Trinajstić information content (AvgIpc) is 3.02. The Morgan fingerprint density at radius 1 is 1.00 bits per heavy atom. The molecule has 166 valence electrons.